The highest BCUT2D eigenvalue weighted by molar-refractivity contribution is 5.80. The second kappa shape index (κ2) is 8.62. The Morgan fingerprint density at radius 3 is 2.68 bits per heavy atom. The van der Waals surface area contributed by atoms with Gasteiger partial charge in [-0.1, -0.05) is 17.3 Å². The molecule has 2 aromatic rings. The second-order valence-corrected chi connectivity index (χ2v) is 6.32. The fourth-order valence-electron chi connectivity index (χ4n) is 2.78. The molecule has 1 aromatic heterocycles. The Balaban J connectivity index is 1.39. The van der Waals surface area contributed by atoms with Crippen molar-refractivity contribution >= 4 is 11.6 Å². The van der Waals surface area contributed by atoms with E-state index in [4.69, 9.17) is 9.26 Å². The second-order valence-electron chi connectivity index (χ2n) is 6.32. The van der Waals surface area contributed by atoms with Crippen molar-refractivity contribution in [1.82, 2.24) is 15.5 Å². The predicted octanol–water partition coefficient (Wildman–Crippen LogP) is 1.92. The van der Waals surface area contributed by atoms with E-state index in [1.165, 1.54) is 0 Å². The van der Waals surface area contributed by atoms with E-state index < -0.39 is 0 Å². The van der Waals surface area contributed by atoms with Gasteiger partial charge in [0.25, 0.3) is 0 Å². The maximum Gasteiger partial charge on any atom is 0.239 e. The molecule has 0 bridgehead atoms. The molecule has 0 aliphatic carbocycles. The number of hydrogen-bond acceptors (Lipinski definition) is 6. The van der Waals surface area contributed by atoms with Crippen LogP contribution < -0.4 is 10.6 Å². The number of nitrogens with one attached hydrogen (secondary N) is 2. The molecule has 1 fully saturated rings. The molecule has 0 spiro atoms. The van der Waals surface area contributed by atoms with Gasteiger partial charge in [-0.25, -0.2) is 0 Å². The van der Waals surface area contributed by atoms with Crippen LogP contribution in [0.15, 0.2) is 28.8 Å². The summed E-state index contributed by atoms with van der Waals surface area (Å²) in [6, 6.07) is 7.87. The summed E-state index contributed by atoms with van der Waals surface area (Å²) >= 11 is 0. The molecular formula is C18H24N4O3. The number of rotatable bonds is 7. The van der Waals surface area contributed by atoms with E-state index in [2.05, 4.69) is 20.8 Å². The SMILES string of the molecule is Cc1noc(Cc2ccc(NCC(=O)NCC3CCOCC3)cc2)n1. The number of nitrogens with zero attached hydrogens (tertiary/aromatic N) is 2. The molecule has 1 aliphatic heterocycles. The summed E-state index contributed by atoms with van der Waals surface area (Å²) in [6.45, 7) is 4.40. The van der Waals surface area contributed by atoms with E-state index in [0.717, 1.165) is 43.9 Å². The molecule has 2 heterocycles. The monoisotopic (exact) mass is 344 g/mol. The smallest absolute Gasteiger partial charge is 0.239 e. The summed E-state index contributed by atoms with van der Waals surface area (Å²) in [5.74, 6) is 1.79. The quantitative estimate of drug-likeness (QED) is 0.798. The van der Waals surface area contributed by atoms with Gasteiger partial charge >= 0.3 is 0 Å². The third-order valence-corrected chi connectivity index (χ3v) is 4.26. The van der Waals surface area contributed by atoms with Crippen molar-refractivity contribution in [1.29, 1.82) is 0 Å². The lowest BCUT2D eigenvalue weighted by Crippen LogP contribution is -2.35. The fraction of sp³-hybridized carbons (Fsp3) is 0.500. The number of hydrogen-bond donors (Lipinski definition) is 2. The van der Waals surface area contributed by atoms with Crippen molar-refractivity contribution in [2.45, 2.75) is 26.2 Å². The van der Waals surface area contributed by atoms with Crippen molar-refractivity contribution in [3.05, 3.63) is 41.5 Å². The van der Waals surface area contributed by atoms with Crippen LogP contribution >= 0.6 is 0 Å². The highest BCUT2D eigenvalue weighted by Gasteiger charge is 2.14. The van der Waals surface area contributed by atoms with Crippen LogP contribution in [0.25, 0.3) is 0 Å². The van der Waals surface area contributed by atoms with Gasteiger partial charge in [0.1, 0.15) is 0 Å². The summed E-state index contributed by atoms with van der Waals surface area (Å²) in [5.41, 5.74) is 1.99. The molecule has 0 atom stereocenters. The van der Waals surface area contributed by atoms with Gasteiger partial charge in [0, 0.05) is 25.4 Å². The van der Waals surface area contributed by atoms with Gasteiger partial charge in [0.15, 0.2) is 5.82 Å². The Bertz CT molecular complexity index is 678. The van der Waals surface area contributed by atoms with Crippen LogP contribution in [-0.4, -0.2) is 42.4 Å². The van der Waals surface area contributed by atoms with Crippen LogP contribution in [0.2, 0.25) is 0 Å². The van der Waals surface area contributed by atoms with Crippen LogP contribution in [0.4, 0.5) is 5.69 Å². The zero-order valence-corrected chi connectivity index (χ0v) is 14.5. The zero-order chi connectivity index (χ0) is 17.5. The molecule has 1 aliphatic rings. The number of amides is 1. The van der Waals surface area contributed by atoms with Crippen LogP contribution in [0.5, 0.6) is 0 Å². The first-order valence-corrected chi connectivity index (χ1v) is 8.65. The molecule has 25 heavy (non-hydrogen) atoms. The van der Waals surface area contributed by atoms with Crippen LogP contribution in [-0.2, 0) is 16.0 Å². The molecule has 1 amide bonds. The van der Waals surface area contributed by atoms with Crippen molar-refractivity contribution in [3.8, 4) is 0 Å². The third-order valence-electron chi connectivity index (χ3n) is 4.26. The van der Waals surface area contributed by atoms with Crippen molar-refractivity contribution in [2.24, 2.45) is 5.92 Å². The predicted molar refractivity (Wildman–Crippen MR) is 93.3 cm³/mol. The Kier molecular flexibility index (Phi) is 6.00. The summed E-state index contributed by atoms with van der Waals surface area (Å²) < 4.78 is 10.4. The molecule has 7 heteroatoms. The van der Waals surface area contributed by atoms with Crippen LogP contribution in [0, 0.1) is 12.8 Å². The van der Waals surface area contributed by atoms with E-state index >= 15 is 0 Å². The van der Waals surface area contributed by atoms with Gasteiger partial charge in [-0.15, -0.1) is 0 Å². The highest BCUT2D eigenvalue weighted by atomic mass is 16.5. The van der Waals surface area contributed by atoms with Gasteiger partial charge in [0.05, 0.1) is 13.0 Å². The molecule has 1 aromatic carbocycles. The number of ether oxygens (including phenoxy) is 1. The summed E-state index contributed by atoms with van der Waals surface area (Å²) in [6.07, 6.45) is 2.65. The maximum absolute atomic E-state index is 11.9. The molecular weight excluding hydrogens is 320 g/mol. The highest BCUT2D eigenvalue weighted by Crippen LogP contribution is 2.14. The average Bonchev–Trinajstić information content (AvgIpc) is 3.05. The molecule has 7 nitrogen and oxygen atoms in total. The van der Waals surface area contributed by atoms with E-state index in [9.17, 15) is 4.79 Å². The molecule has 1 saturated heterocycles. The minimum Gasteiger partial charge on any atom is -0.381 e. The van der Waals surface area contributed by atoms with E-state index in [1.54, 1.807) is 6.92 Å². The average molecular weight is 344 g/mol. The minimum atomic E-state index is 0.0110. The first-order valence-electron chi connectivity index (χ1n) is 8.65. The molecule has 0 radical (unpaired) electrons. The van der Waals surface area contributed by atoms with Crippen molar-refractivity contribution < 1.29 is 14.1 Å². The number of carbonyl (C=O) groups is 1. The number of benzene rings is 1. The lowest BCUT2D eigenvalue weighted by Gasteiger charge is -2.22. The van der Waals surface area contributed by atoms with E-state index in [0.29, 0.717) is 24.1 Å². The molecule has 2 N–H and O–H groups in total. The topological polar surface area (TPSA) is 89.3 Å². The first-order chi connectivity index (χ1) is 12.2. The van der Waals surface area contributed by atoms with Gasteiger partial charge in [-0.2, -0.15) is 4.98 Å². The Hall–Kier alpha value is -2.41. The van der Waals surface area contributed by atoms with E-state index in [-0.39, 0.29) is 12.5 Å². The Morgan fingerprint density at radius 1 is 1.24 bits per heavy atom. The van der Waals surface area contributed by atoms with Crippen molar-refractivity contribution in [2.75, 3.05) is 31.6 Å². The minimum absolute atomic E-state index is 0.0110. The summed E-state index contributed by atoms with van der Waals surface area (Å²) in [5, 5.41) is 9.90. The Labute approximate surface area is 147 Å². The zero-order valence-electron chi connectivity index (χ0n) is 14.5. The number of aromatic nitrogens is 2. The molecule has 3 rings (SSSR count). The van der Waals surface area contributed by atoms with Gasteiger partial charge in [-0.3, -0.25) is 4.79 Å². The lowest BCUT2D eigenvalue weighted by atomic mass is 10.0. The maximum atomic E-state index is 11.9. The van der Waals surface area contributed by atoms with E-state index in [1.807, 2.05) is 24.3 Å². The van der Waals surface area contributed by atoms with Crippen molar-refractivity contribution in [3.63, 3.8) is 0 Å². The number of carbonyl (C=O) groups excluding carboxylic acids is 1. The lowest BCUT2D eigenvalue weighted by molar-refractivity contribution is -0.119. The summed E-state index contributed by atoms with van der Waals surface area (Å²) in [7, 11) is 0. The van der Waals surface area contributed by atoms with Gasteiger partial charge in [-0.05, 0) is 43.4 Å². The molecule has 0 unspecified atom stereocenters. The normalized spacial score (nSPS) is 15.1. The molecule has 0 saturated carbocycles. The Morgan fingerprint density at radius 2 is 2.00 bits per heavy atom. The first kappa shape index (κ1) is 17.4. The van der Waals surface area contributed by atoms with Crippen LogP contribution in [0.3, 0.4) is 0 Å². The third kappa shape index (κ3) is 5.56. The summed E-state index contributed by atoms with van der Waals surface area (Å²) in [4.78, 5) is 16.1. The van der Waals surface area contributed by atoms with Crippen LogP contribution in [0.1, 0.15) is 30.1 Å². The molecule has 134 valence electrons. The standard InChI is InChI=1S/C18H24N4O3/c1-13-21-18(25-22-13)10-14-2-4-16(5-3-14)19-12-17(23)20-11-15-6-8-24-9-7-15/h2-5,15,19H,6-12H2,1H3,(H,20,23). The van der Waals surface area contributed by atoms with Gasteiger partial charge in [0.2, 0.25) is 11.8 Å². The van der Waals surface area contributed by atoms with Gasteiger partial charge < -0.3 is 19.9 Å². The largest absolute Gasteiger partial charge is 0.381 e. The fourth-order valence-corrected chi connectivity index (χ4v) is 2.78. The number of aryl methyl sites for hydroxylation is 1. The number of anilines is 1.